The Morgan fingerprint density at radius 1 is 1.12 bits per heavy atom. The molecule has 172 valence electrons. The first-order chi connectivity index (χ1) is 16.2. The Morgan fingerprint density at radius 2 is 2.00 bits per heavy atom. The highest BCUT2D eigenvalue weighted by atomic mass is 16.5. The third kappa shape index (κ3) is 4.42. The summed E-state index contributed by atoms with van der Waals surface area (Å²) in [5, 5.41) is 22.4. The minimum atomic E-state index is -0.124. The smallest absolute Gasteiger partial charge is 0.260 e. The van der Waals surface area contributed by atoms with Gasteiger partial charge in [-0.3, -0.25) is 10.3 Å². The largest absolute Gasteiger partial charge is 0.490 e. The zero-order valence-electron chi connectivity index (χ0n) is 18.5. The third-order valence-electron chi connectivity index (χ3n) is 5.95. The fourth-order valence-corrected chi connectivity index (χ4v) is 4.29. The number of hydrogen-bond acceptors (Lipinski definition) is 7. The monoisotopic (exact) mass is 448 g/mol. The molecule has 0 amide bonds. The predicted octanol–water partition coefficient (Wildman–Crippen LogP) is 3.03. The Bertz CT molecular complexity index is 1200. The van der Waals surface area contributed by atoms with Gasteiger partial charge in [-0.1, -0.05) is 12.5 Å². The number of aliphatic hydroxyl groups is 1. The molecule has 3 aromatic heterocycles. The fourth-order valence-electron chi connectivity index (χ4n) is 4.29. The van der Waals surface area contributed by atoms with Gasteiger partial charge < -0.3 is 19.6 Å². The topological polar surface area (TPSA) is 111 Å². The number of H-pyrrole nitrogens is 1. The molecular weight excluding hydrogens is 420 g/mol. The maximum atomic E-state index is 9.19. The van der Waals surface area contributed by atoms with E-state index in [0.29, 0.717) is 35.4 Å². The summed E-state index contributed by atoms with van der Waals surface area (Å²) >= 11 is 0. The standard InChI is InChI=1S/C24H28N6O3/c25-21-17-7-8-26-22(17)20(32-14-12-29-9-3-1-4-10-29)16-18(21)27-23-19-6-2-5-11-30(19)28-24(23)33-15-13-31/h2,5-8,11,16,25-26,31H,1,3-4,9-10,12-15H2/b25-21?,27-18-. The summed E-state index contributed by atoms with van der Waals surface area (Å²) in [6.07, 6.45) is 9.24. The van der Waals surface area contributed by atoms with Gasteiger partial charge in [0.2, 0.25) is 0 Å². The predicted molar refractivity (Wildman–Crippen MR) is 127 cm³/mol. The number of aliphatic hydroxyl groups excluding tert-OH is 1. The highest BCUT2D eigenvalue weighted by molar-refractivity contribution is 6.54. The Hall–Kier alpha value is -3.43. The van der Waals surface area contributed by atoms with Crippen LogP contribution in [0.2, 0.25) is 0 Å². The number of nitrogens with zero attached hydrogens (tertiary/aromatic N) is 4. The van der Waals surface area contributed by atoms with Crippen molar-refractivity contribution in [2.24, 2.45) is 4.99 Å². The number of aromatic amines is 1. The number of likely N-dealkylation sites (tertiary alicyclic amines) is 1. The van der Waals surface area contributed by atoms with Crippen molar-refractivity contribution in [2.75, 3.05) is 39.5 Å². The third-order valence-corrected chi connectivity index (χ3v) is 5.95. The van der Waals surface area contributed by atoms with Gasteiger partial charge in [0, 0.05) is 30.6 Å². The second-order valence-corrected chi connectivity index (χ2v) is 8.15. The van der Waals surface area contributed by atoms with Gasteiger partial charge in [0.15, 0.2) is 5.69 Å². The Labute approximate surface area is 191 Å². The molecule has 1 fully saturated rings. The first kappa shape index (κ1) is 21.4. The second kappa shape index (κ2) is 9.60. The van der Waals surface area contributed by atoms with E-state index in [4.69, 9.17) is 19.9 Å². The molecule has 0 radical (unpaired) electrons. The molecule has 9 heteroatoms. The van der Waals surface area contributed by atoms with Gasteiger partial charge in [0.25, 0.3) is 5.88 Å². The number of nitrogens with one attached hydrogen (secondary N) is 2. The highest BCUT2D eigenvalue weighted by Gasteiger charge is 2.25. The molecule has 0 saturated carbocycles. The summed E-state index contributed by atoms with van der Waals surface area (Å²) in [5.74, 6) is 0.993. The fraction of sp³-hybridized carbons (Fsp3) is 0.375. The Morgan fingerprint density at radius 3 is 2.85 bits per heavy atom. The van der Waals surface area contributed by atoms with Gasteiger partial charge in [-0.2, -0.15) is 0 Å². The average molecular weight is 449 g/mol. The lowest BCUT2D eigenvalue weighted by Crippen LogP contribution is -2.32. The number of hydrogen-bond donors (Lipinski definition) is 3. The van der Waals surface area contributed by atoms with Crippen molar-refractivity contribution in [3.8, 4) is 5.88 Å². The van der Waals surface area contributed by atoms with Crippen LogP contribution in [0.5, 0.6) is 5.88 Å². The van der Waals surface area contributed by atoms with Gasteiger partial charge in [0.1, 0.15) is 19.0 Å². The molecule has 2 aliphatic rings. The number of allylic oxidation sites excluding steroid dienone is 1. The summed E-state index contributed by atoms with van der Waals surface area (Å²) in [6, 6.07) is 7.53. The zero-order valence-corrected chi connectivity index (χ0v) is 18.5. The molecule has 3 aromatic rings. The molecule has 1 aliphatic carbocycles. The lowest BCUT2D eigenvalue weighted by molar-refractivity contribution is 0.169. The number of ether oxygens (including phenoxy) is 2. The van der Waals surface area contributed by atoms with Crippen LogP contribution in [0.4, 0.5) is 5.69 Å². The van der Waals surface area contributed by atoms with Gasteiger partial charge in [0.05, 0.1) is 29.2 Å². The first-order valence-electron chi connectivity index (χ1n) is 11.4. The van der Waals surface area contributed by atoms with Gasteiger partial charge in [-0.05, 0) is 44.1 Å². The number of rotatable bonds is 8. The van der Waals surface area contributed by atoms with Gasteiger partial charge in [-0.15, -0.1) is 5.10 Å². The molecule has 0 atom stereocenters. The maximum absolute atomic E-state index is 9.19. The van der Waals surface area contributed by atoms with Crippen LogP contribution in [0.1, 0.15) is 30.5 Å². The first-order valence-corrected chi connectivity index (χ1v) is 11.4. The van der Waals surface area contributed by atoms with Crippen molar-refractivity contribution in [1.29, 1.82) is 5.41 Å². The molecule has 3 N–H and O–H groups in total. The van der Waals surface area contributed by atoms with E-state index in [-0.39, 0.29) is 13.2 Å². The normalized spacial score (nSPS) is 17.9. The van der Waals surface area contributed by atoms with Crippen molar-refractivity contribution < 1.29 is 14.6 Å². The van der Waals surface area contributed by atoms with Crippen LogP contribution in [-0.4, -0.2) is 75.5 Å². The van der Waals surface area contributed by atoms with E-state index in [2.05, 4.69) is 15.0 Å². The number of fused-ring (bicyclic) bond motifs is 2. The summed E-state index contributed by atoms with van der Waals surface area (Å²) in [5.41, 5.74) is 3.60. The van der Waals surface area contributed by atoms with Crippen molar-refractivity contribution >= 4 is 28.4 Å². The molecule has 0 aromatic carbocycles. The minimum absolute atomic E-state index is 0.113. The molecule has 9 nitrogen and oxygen atoms in total. The Kier molecular flexibility index (Phi) is 6.23. The molecular formula is C24H28N6O3. The van der Waals surface area contributed by atoms with Crippen molar-refractivity contribution in [3.63, 3.8) is 0 Å². The summed E-state index contributed by atoms with van der Waals surface area (Å²) < 4.78 is 13.5. The van der Waals surface area contributed by atoms with Crippen LogP contribution in [0.3, 0.4) is 0 Å². The second-order valence-electron chi connectivity index (χ2n) is 8.15. The molecule has 0 spiro atoms. The van der Waals surface area contributed by atoms with E-state index in [1.54, 1.807) is 10.6 Å². The summed E-state index contributed by atoms with van der Waals surface area (Å²) in [6.45, 7) is 3.69. The molecule has 1 saturated heterocycles. The zero-order chi connectivity index (χ0) is 22.6. The van der Waals surface area contributed by atoms with Crippen molar-refractivity contribution in [1.82, 2.24) is 19.5 Å². The number of aliphatic imine (C=N–C) groups is 1. The summed E-state index contributed by atoms with van der Waals surface area (Å²) in [7, 11) is 0. The SMILES string of the molecule is N=C1/C(=N\c2c(OCCO)nn3ccccc23)C=C(OCCN2CCCCC2)c2[nH]ccc21. The maximum Gasteiger partial charge on any atom is 0.260 e. The van der Waals surface area contributed by atoms with E-state index < -0.39 is 0 Å². The number of pyridine rings is 1. The number of piperidine rings is 1. The van der Waals surface area contributed by atoms with Gasteiger partial charge in [-0.25, -0.2) is 9.51 Å². The van der Waals surface area contributed by atoms with Crippen LogP contribution in [0.15, 0.2) is 47.7 Å². The molecule has 0 bridgehead atoms. The quantitative estimate of drug-likeness (QED) is 0.491. The molecule has 33 heavy (non-hydrogen) atoms. The summed E-state index contributed by atoms with van der Waals surface area (Å²) in [4.78, 5) is 10.4. The van der Waals surface area contributed by atoms with E-state index in [1.807, 2.05) is 36.7 Å². The van der Waals surface area contributed by atoms with E-state index in [1.165, 1.54) is 19.3 Å². The molecule has 5 rings (SSSR count). The lowest BCUT2D eigenvalue weighted by Gasteiger charge is -2.26. The Balaban J connectivity index is 1.46. The van der Waals surface area contributed by atoms with E-state index >= 15 is 0 Å². The van der Waals surface area contributed by atoms with Crippen LogP contribution < -0.4 is 4.74 Å². The van der Waals surface area contributed by atoms with Crippen LogP contribution in [-0.2, 0) is 4.74 Å². The van der Waals surface area contributed by atoms with Crippen LogP contribution in [0.25, 0.3) is 11.3 Å². The van der Waals surface area contributed by atoms with Crippen molar-refractivity contribution in [2.45, 2.75) is 19.3 Å². The van der Waals surface area contributed by atoms with Crippen molar-refractivity contribution in [3.05, 3.63) is 54.0 Å². The van der Waals surface area contributed by atoms with Crippen LogP contribution >= 0.6 is 0 Å². The minimum Gasteiger partial charge on any atom is -0.490 e. The molecule has 1 aliphatic heterocycles. The van der Waals surface area contributed by atoms with Crippen LogP contribution in [0, 0.1) is 5.41 Å². The number of aromatic nitrogens is 3. The lowest BCUT2D eigenvalue weighted by atomic mass is 9.98. The molecule has 0 unspecified atom stereocenters. The van der Waals surface area contributed by atoms with Gasteiger partial charge >= 0.3 is 0 Å². The molecule has 4 heterocycles. The van der Waals surface area contributed by atoms with E-state index in [9.17, 15) is 5.11 Å². The highest BCUT2D eigenvalue weighted by Crippen LogP contribution is 2.34. The van der Waals surface area contributed by atoms with E-state index in [0.717, 1.165) is 36.4 Å². The average Bonchev–Trinajstić information content (AvgIpc) is 3.47.